The maximum atomic E-state index is 4.83. The molecule has 3 aromatic rings. The number of aliphatic imine (C=N–C) groups is 2. The topological polar surface area (TPSA) is 24.7 Å². The second-order valence-corrected chi connectivity index (χ2v) is 6.10. The Hall–Kier alpha value is -3.26. The highest BCUT2D eigenvalue weighted by atomic mass is 14.9. The van der Waals surface area contributed by atoms with Gasteiger partial charge in [0.1, 0.15) is 0 Å². The summed E-state index contributed by atoms with van der Waals surface area (Å²) in [6, 6.07) is 28.7. The summed E-state index contributed by atoms with van der Waals surface area (Å²) < 4.78 is 0. The van der Waals surface area contributed by atoms with Gasteiger partial charge in [0.15, 0.2) is 5.84 Å². The number of nitrogens with zero attached hydrogens (tertiary/aromatic N) is 2. The van der Waals surface area contributed by atoms with Crippen LogP contribution in [0.25, 0.3) is 5.70 Å². The minimum absolute atomic E-state index is 0.633. The van der Waals surface area contributed by atoms with Crippen LogP contribution in [0.2, 0.25) is 0 Å². The second kappa shape index (κ2) is 8.72. The number of benzene rings is 3. The van der Waals surface area contributed by atoms with Crippen molar-refractivity contribution in [2.24, 2.45) is 9.98 Å². The van der Waals surface area contributed by atoms with Crippen LogP contribution in [0, 0.1) is 6.92 Å². The Balaban J connectivity index is 1.99. The van der Waals surface area contributed by atoms with E-state index in [1.165, 1.54) is 11.1 Å². The van der Waals surface area contributed by atoms with E-state index in [0.29, 0.717) is 5.84 Å². The standard InChI is InChI=1S/C24H22N2/c1-19-13-16-22(17-14-19)24(25-2)26-23(21-11-7-4-8-12-21)18-15-20-9-5-3-6-10-20/h3-14,16-18H,2,15H2,1H3/b23-18-,26-24?. The van der Waals surface area contributed by atoms with Gasteiger partial charge in [-0.25, -0.2) is 9.98 Å². The molecule has 128 valence electrons. The number of hydrogen-bond donors (Lipinski definition) is 0. The van der Waals surface area contributed by atoms with Gasteiger partial charge in [-0.15, -0.1) is 0 Å². The van der Waals surface area contributed by atoms with E-state index in [2.05, 4.69) is 73.2 Å². The average Bonchev–Trinajstić information content (AvgIpc) is 2.70. The normalized spacial score (nSPS) is 12.0. The Labute approximate surface area is 155 Å². The molecule has 0 radical (unpaired) electrons. The molecule has 2 heteroatoms. The zero-order chi connectivity index (χ0) is 18.2. The zero-order valence-corrected chi connectivity index (χ0v) is 15.0. The molecule has 0 bridgehead atoms. The van der Waals surface area contributed by atoms with Gasteiger partial charge in [0.25, 0.3) is 0 Å². The Kier molecular flexibility index (Phi) is 5.89. The van der Waals surface area contributed by atoms with E-state index >= 15 is 0 Å². The van der Waals surface area contributed by atoms with Gasteiger partial charge in [-0.1, -0.05) is 96.6 Å². The third kappa shape index (κ3) is 4.64. The van der Waals surface area contributed by atoms with Crippen molar-refractivity contribution < 1.29 is 0 Å². The van der Waals surface area contributed by atoms with Crippen molar-refractivity contribution in [2.45, 2.75) is 13.3 Å². The van der Waals surface area contributed by atoms with Crippen LogP contribution in [-0.2, 0) is 6.42 Å². The quantitative estimate of drug-likeness (QED) is 0.419. The lowest BCUT2D eigenvalue weighted by Gasteiger charge is -2.07. The van der Waals surface area contributed by atoms with E-state index in [1.54, 1.807) is 0 Å². The van der Waals surface area contributed by atoms with Gasteiger partial charge >= 0.3 is 0 Å². The van der Waals surface area contributed by atoms with E-state index in [0.717, 1.165) is 23.2 Å². The number of rotatable bonds is 5. The average molecular weight is 338 g/mol. The lowest BCUT2D eigenvalue weighted by molar-refractivity contribution is 1.26. The smallest absolute Gasteiger partial charge is 0.159 e. The molecule has 0 saturated carbocycles. The molecular formula is C24H22N2. The minimum Gasteiger partial charge on any atom is -0.245 e. The Bertz CT molecular complexity index is 905. The third-order valence-electron chi connectivity index (χ3n) is 4.13. The molecule has 3 rings (SSSR count). The summed E-state index contributed by atoms with van der Waals surface area (Å²) in [6.45, 7) is 5.78. The fourth-order valence-corrected chi connectivity index (χ4v) is 2.67. The highest BCUT2D eigenvalue weighted by Gasteiger charge is 2.05. The summed E-state index contributed by atoms with van der Waals surface area (Å²) in [6.07, 6.45) is 2.96. The maximum absolute atomic E-state index is 4.83. The van der Waals surface area contributed by atoms with Crippen molar-refractivity contribution in [1.82, 2.24) is 0 Å². The van der Waals surface area contributed by atoms with Gasteiger partial charge in [-0.3, -0.25) is 0 Å². The van der Waals surface area contributed by atoms with Crippen molar-refractivity contribution in [3.8, 4) is 0 Å². The van der Waals surface area contributed by atoms with Crippen LogP contribution in [0.3, 0.4) is 0 Å². The second-order valence-electron chi connectivity index (χ2n) is 6.10. The van der Waals surface area contributed by atoms with Crippen molar-refractivity contribution in [3.63, 3.8) is 0 Å². The van der Waals surface area contributed by atoms with Crippen LogP contribution < -0.4 is 0 Å². The molecule has 0 spiro atoms. The molecule has 0 aliphatic carbocycles. The molecule has 3 aromatic carbocycles. The first-order valence-corrected chi connectivity index (χ1v) is 8.68. The fourth-order valence-electron chi connectivity index (χ4n) is 2.67. The van der Waals surface area contributed by atoms with Crippen LogP contribution in [0.15, 0.2) is 101 Å². The van der Waals surface area contributed by atoms with Gasteiger partial charge in [-0.05, 0) is 31.2 Å². The molecule has 0 atom stereocenters. The Morgan fingerprint density at radius 2 is 1.42 bits per heavy atom. The van der Waals surface area contributed by atoms with E-state index in [-0.39, 0.29) is 0 Å². The van der Waals surface area contributed by atoms with Crippen molar-refractivity contribution in [2.75, 3.05) is 0 Å². The van der Waals surface area contributed by atoms with E-state index in [4.69, 9.17) is 4.99 Å². The van der Waals surface area contributed by atoms with Gasteiger partial charge in [0, 0.05) is 5.56 Å². The molecule has 0 aromatic heterocycles. The van der Waals surface area contributed by atoms with Crippen molar-refractivity contribution in [1.29, 1.82) is 0 Å². The largest absolute Gasteiger partial charge is 0.245 e. The van der Waals surface area contributed by atoms with Crippen LogP contribution in [0.1, 0.15) is 22.3 Å². The van der Waals surface area contributed by atoms with Crippen LogP contribution >= 0.6 is 0 Å². The van der Waals surface area contributed by atoms with E-state index in [9.17, 15) is 0 Å². The molecular weight excluding hydrogens is 316 g/mol. The summed E-state index contributed by atoms with van der Waals surface area (Å²) in [4.78, 5) is 9.00. The first-order valence-electron chi connectivity index (χ1n) is 8.68. The van der Waals surface area contributed by atoms with Crippen molar-refractivity contribution >= 4 is 18.3 Å². The number of hydrogen-bond acceptors (Lipinski definition) is 1. The summed E-state index contributed by atoms with van der Waals surface area (Å²) in [5.41, 5.74) is 5.39. The first-order chi connectivity index (χ1) is 12.8. The highest BCUT2D eigenvalue weighted by Crippen LogP contribution is 2.19. The summed E-state index contributed by atoms with van der Waals surface area (Å²) >= 11 is 0. The van der Waals surface area contributed by atoms with E-state index < -0.39 is 0 Å². The maximum Gasteiger partial charge on any atom is 0.159 e. The van der Waals surface area contributed by atoms with Gasteiger partial charge in [0.2, 0.25) is 0 Å². The molecule has 0 unspecified atom stereocenters. The highest BCUT2D eigenvalue weighted by molar-refractivity contribution is 6.04. The van der Waals surface area contributed by atoms with Gasteiger partial charge in [0.05, 0.1) is 5.70 Å². The zero-order valence-electron chi connectivity index (χ0n) is 15.0. The molecule has 0 aliphatic heterocycles. The SMILES string of the molecule is C=NC(=N/C(=C\Cc1ccccc1)c1ccccc1)c1ccc(C)cc1. The lowest BCUT2D eigenvalue weighted by Crippen LogP contribution is -1.98. The van der Waals surface area contributed by atoms with Gasteiger partial charge < -0.3 is 0 Å². The third-order valence-corrected chi connectivity index (χ3v) is 4.13. The Morgan fingerprint density at radius 3 is 2.04 bits per heavy atom. The molecule has 0 amide bonds. The summed E-state index contributed by atoms with van der Waals surface area (Å²) in [5.74, 6) is 0.633. The number of amidine groups is 1. The van der Waals surface area contributed by atoms with Crippen LogP contribution in [0.5, 0.6) is 0 Å². The Morgan fingerprint density at radius 1 is 0.808 bits per heavy atom. The van der Waals surface area contributed by atoms with Gasteiger partial charge in [-0.2, -0.15) is 0 Å². The molecule has 2 nitrogen and oxygen atoms in total. The monoisotopic (exact) mass is 338 g/mol. The summed E-state index contributed by atoms with van der Waals surface area (Å²) in [5, 5.41) is 0. The van der Waals surface area contributed by atoms with Crippen LogP contribution in [0.4, 0.5) is 0 Å². The lowest BCUT2D eigenvalue weighted by atomic mass is 10.1. The van der Waals surface area contributed by atoms with Crippen LogP contribution in [-0.4, -0.2) is 12.6 Å². The number of allylic oxidation sites excluding steroid dienone is 1. The molecule has 0 fully saturated rings. The minimum atomic E-state index is 0.633. The van der Waals surface area contributed by atoms with E-state index in [1.807, 2.05) is 36.4 Å². The number of aryl methyl sites for hydroxylation is 1. The summed E-state index contributed by atoms with van der Waals surface area (Å²) in [7, 11) is 0. The fraction of sp³-hybridized carbons (Fsp3) is 0.0833. The molecule has 0 aliphatic rings. The molecule has 26 heavy (non-hydrogen) atoms. The molecule has 0 saturated heterocycles. The molecule has 0 N–H and O–H groups in total. The first kappa shape index (κ1) is 17.6. The van der Waals surface area contributed by atoms with Crippen molar-refractivity contribution in [3.05, 3.63) is 113 Å². The predicted molar refractivity (Wildman–Crippen MR) is 112 cm³/mol. The molecule has 0 heterocycles. The predicted octanol–water partition coefficient (Wildman–Crippen LogP) is 5.73.